The number of benzene rings is 1. The zero-order valence-corrected chi connectivity index (χ0v) is 20.3. The molecule has 0 aliphatic rings. The molecule has 0 saturated heterocycles. The van der Waals surface area contributed by atoms with Gasteiger partial charge in [-0.1, -0.05) is 62.6 Å². The molecule has 0 fully saturated rings. The van der Waals surface area contributed by atoms with Crippen LogP contribution in [0.1, 0.15) is 63.9 Å². The van der Waals surface area contributed by atoms with Gasteiger partial charge < -0.3 is 24.3 Å². The highest BCUT2D eigenvalue weighted by molar-refractivity contribution is 5.70. The molecular formula is C26H39NO7. The molecule has 1 amide bonds. The summed E-state index contributed by atoms with van der Waals surface area (Å²) in [5.74, 6) is -0.669. The topological polar surface area (TPSA) is 100 Å². The van der Waals surface area contributed by atoms with E-state index in [0.29, 0.717) is 26.0 Å². The minimum Gasteiger partial charge on any atom is -0.462 e. The van der Waals surface area contributed by atoms with E-state index in [9.17, 15) is 14.4 Å². The van der Waals surface area contributed by atoms with E-state index in [4.69, 9.17) is 18.9 Å². The van der Waals surface area contributed by atoms with Gasteiger partial charge in [0.2, 0.25) is 0 Å². The number of alkyl carbamates (subject to hydrolysis) is 1. The number of hydrogen-bond acceptors (Lipinski definition) is 7. The molecule has 190 valence electrons. The minimum absolute atomic E-state index is 0.0374. The standard InChI is InChI=1S/C26H39NO7/c1-3-5-8-16-25(29)34-23(20-31-18-4-2)21-32-24(28)15-11-7-12-17-27-26(30)33-19-22-13-9-6-10-14-22/h4,6,9-10,13-14,23H,2-3,5,7-8,11-12,15-21H2,1H3,(H,27,30)/t23-/m0/s1. The molecule has 1 N–H and O–H groups in total. The van der Waals surface area contributed by atoms with Crippen LogP contribution in [0.5, 0.6) is 0 Å². The number of hydrogen-bond donors (Lipinski definition) is 1. The summed E-state index contributed by atoms with van der Waals surface area (Å²) in [7, 11) is 0. The molecule has 0 bridgehead atoms. The van der Waals surface area contributed by atoms with Crippen molar-refractivity contribution in [3.63, 3.8) is 0 Å². The summed E-state index contributed by atoms with van der Waals surface area (Å²) in [5, 5.41) is 2.70. The van der Waals surface area contributed by atoms with Crippen LogP contribution in [-0.2, 0) is 35.1 Å². The van der Waals surface area contributed by atoms with E-state index >= 15 is 0 Å². The Morgan fingerprint density at radius 1 is 0.941 bits per heavy atom. The van der Waals surface area contributed by atoms with Crippen LogP contribution in [0.2, 0.25) is 0 Å². The lowest BCUT2D eigenvalue weighted by Crippen LogP contribution is -2.29. The predicted molar refractivity (Wildman–Crippen MR) is 129 cm³/mol. The molecule has 0 spiro atoms. The number of amides is 1. The fraction of sp³-hybridized carbons (Fsp3) is 0.577. The van der Waals surface area contributed by atoms with E-state index in [-0.39, 0.29) is 38.2 Å². The first-order valence-corrected chi connectivity index (χ1v) is 12.0. The van der Waals surface area contributed by atoms with E-state index in [1.165, 1.54) is 0 Å². The van der Waals surface area contributed by atoms with Gasteiger partial charge in [0.15, 0.2) is 6.10 Å². The lowest BCUT2D eigenvalue weighted by molar-refractivity contribution is -0.162. The van der Waals surface area contributed by atoms with Crippen LogP contribution in [0.15, 0.2) is 43.0 Å². The second kappa shape index (κ2) is 19.6. The third-order valence-electron chi connectivity index (χ3n) is 4.79. The van der Waals surface area contributed by atoms with Crippen molar-refractivity contribution in [1.82, 2.24) is 5.32 Å². The molecule has 0 radical (unpaired) electrons. The normalized spacial score (nSPS) is 11.3. The molecule has 0 heterocycles. The van der Waals surface area contributed by atoms with Crippen molar-refractivity contribution in [1.29, 1.82) is 0 Å². The maximum Gasteiger partial charge on any atom is 0.407 e. The fourth-order valence-electron chi connectivity index (χ4n) is 2.96. The smallest absolute Gasteiger partial charge is 0.407 e. The van der Waals surface area contributed by atoms with Crippen LogP contribution < -0.4 is 5.32 Å². The van der Waals surface area contributed by atoms with Crippen molar-refractivity contribution >= 4 is 18.0 Å². The first kappa shape index (κ1) is 29.2. The summed E-state index contributed by atoms with van der Waals surface area (Å²) >= 11 is 0. The second-order valence-electron chi connectivity index (χ2n) is 7.88. The molecule has 1 aromatic carbocycles. The summed E-state index contributed by atoms with van der Waals surface area (Å²) in [6.45, 7) is 6.78. The Morgan fingerprint density at radius 3 is 2.41 bits per heavy atom. The second-order valence-corrected chi connectivity index (χ2v) is 7.88. The zero-order valence-electron chi connectivity index (χ0n) is 20.3. The lowest BCUT2D eigenvalue weighted by Gasteiger charge is -2.18. The molecule has 1 rings (SSSR count). The Bertz CT molecular complexity index is 708. The first-order chi connectivity index (χ1) is 16.5. The molecule has 0 aromatic heterocycles. The van der Waals surface area contributed by atoms with Gasteiger partial charge >= 0.3 is 18.0 Å². The van der Waals surface area contributed by atoms with E-state index < -0.39 is 12.2 Å². The van der Waals surface area contributed by atoms with Gasteiger partial charge in [-0.2, -0.15) is 0 Å². The highest BCUT2D eigenvalue weighted by Crippen LogP contribution is 2.06. The van der Waals surface area contributed by atoms with Gasteiger partial charge in [0.1, 0.15) is 13.2 Å². The lowest BCUT2D eigenvalue weighted by atomic mass is 10.2. The van der Waals surface area contributed by atoms with E-state index in [1.54, 1.807) is 6.08 Å². The summed E-state index contributed by atoms with van der Waals surface area (Å²) in [5.41, 5.74) is 0.928. The van der Waals surface area contributed by atoms with E-state index in [0.717, 1.165) is 37.7 Å². The first-order valence-electron chi connectivity index (χ1n) is 12.0. The largest absolute Gasteiger partial charge is 0.462 e. The number of unbranched alkanes of at least 4 members (excludes halogenated alkanes) is 4. The van der Waals surface area contributed by atoms with Crippen LogP contribution >= 0.6 is 0 Å². The SMILES string of the molecule is C=CCOC[C@@H](COC(=O)CCCCCNC(=O)OCc1ccccc1)OC(=O)CCCCC. The third-order valence-corrected chi connectivity index (χ3v) is 4.79. The van der Waals surface area contributed by atoms with Gasteiger partial charge in [-0.15, -0.1) is 6.58 Å². The van der Waals surface area contributed by atoms with Crippen LogP contribution in [0, 0.1) is 0 Å². The van der Waals surface area contributed by atoms with Crippen molar-refractivity contribution < 1.29 is 33.3 Å². The van der Waals surface area contributed by atoms with Crippen molar-refractivity contribution in [3.8, 4) is 0 Å². The quantitative estimate of drug-likeness (QED) is 0.133. The van der Waals surface area contributed by atoms with Gasteiger partial charge in [0, 0.05) is 19.4 Å². The highest BCUT2D eigenvalue weighted by Gasteiger charge is 2.17. The monoisotopic (exact) mass is 477 g/mol. The number of carbonyl (C=O) groups is 3. The van der Waals surface area contributed by atoms with Gasteiger partial charge in [-0.05, 0) is 24.8 Å². The molecule has 0 saturated carbocycles. The average Bonchev–Trinajstić information content (AvgIpc) is 2.84. The average molecular weight is 478 g/mol. The van der Waals surface area contributed by atoms with Crippen molar-refractivity contribution in [2.75, 3.05) is 26.4 Å². The van der Waals surface area contributed by atoms with Gasteiger partial charge in [-0.25, -0.2) is 4.79 Å². The summed E-state index contributed by atoms with van der Waals surface area (Å²) in [6, 6.07) is 9.46. The Labute approximate surface area is 203 Å². The Morgan fingerprint density at radius 2 is 1.68 bits per heavy atom. The number of ether oxygens (including phenoxy) is 4. The van der Waals surface area contributed by atoms with Crippen molar-refractivity contribution in [2.45, 2.75) is 71.0 Å². The molecule has 1 atom stereocenters. The number of rotatable bonds is 19. The zero-order chi connectivity index (χ0) is 24.9. The highest BCUT2D eigenvalue weighted by atomic mass is 16.6. The Hall–Kier alpha value is -2.87. The molecule has 1 aromatic rings. The van der Waals surface area contributed by atoms with Gasteiger partial charge in [-0.3, -0.25) is 9.59 Å². The van der Waals surface area contributed by atoms with Crippen molar-refractivity contribution in [3.05, 3.63) is 48.6 Å². The third kappa shape index (κ3) is 15.9. The molecule has 0 aliphatic heterocycles. The Balaban J connectivity index is 2.14. The van der Waals surface area contributed by atoms with E-state index in [1.807, 2.05) is 30.3 Å². The van der Waals surface area contributed by atoms with Gasteiger partial charge in [0.25, 0.3) is 0 Å². The van der Waals surface area contributed by atoms with Crippen LogP contribution in [-0.4, -0.2) is 50.5 Å². The molecular weight excluding hydrogens is 438 g/mol. The van der Waals surface area contributed by atoms with Crippen LogP contribution in [0.4, 0.5) is 4.79 Å². The molecule has 8 heteroatoms. The van der Waals surface area contributed by atoms with Crippen LogP contribution in [0.3, 0.4) is 0 Å². The fourth-order valence-corrected chi connectivity index (χ4v) is 2.96. The molecule has 0 unspecified atom stereocenters. The van der Waals surface area contributed by atoms with Crippen molar-refractivity contribution in [2.24, 2.45) is 0 Å². The number of esters is 2. The predicted octanol–water partition coefficient (Wildman–Crippen LogP) is 4.71. The summed E-state index contributed by atoms with van der Waals surface area (Å²) < 4.78 is 21.2. The summed E-state index contributed by atoms with van der Waals surface area (Å²) in [4.78, 5) is 35.7. The number of nitrogens with one attached hydrogen (secondary N) is 1. The molecule has 34 heavy (non-hydrogen) atoms. The minimum atomic E-state index is -0.635. The van der Waals surface area contributed by atoms with E-state index in [2.05, 4.69) is 18.8 Å². The maximum atomic E-state index is 12.0. The van der Waals surface area contributed by atoms with Gasteiger partial charge in [0.05, 0.1) is 13.2 Å². The van der Waals surface area contributed by atoms with Crippen LogP contribution in [0.25, 0.3) is 0 Å². The maximum absolute atomic E-state index is 12.0. The number of carbonyl (C=O) groups excluding carboxylic acids is 3. The summed E-state index contributed by atoms with van der Waals surface area (Å²) in [6.07, 6.45) is 5.97. The molecule has 0 aliphatic carbocycles. The molecule has 8 nitrogen and oxygen atoms in total. The Kier molecular flexibility index (Phi) is 16.8.